The minimum Gasteiger partial charge on any atom is -0.384 e. The summed E-state index contributed by atoms with van der Waals surface area (Å²) in [5.74, 6) is 5.67. The molecule has 0 aromatic carbocycles. The Morgan fingerprint density at radius 1 is 1.58 bits per heavy atom. The molecular weight excluding hydrogens is 258 g/mol. The van der Waals surface area contributed by atoms with Crippen LogP contribution in [0.4, 0.5) is 0 Å². The van der Waals surface area contributed by atoms with Crippen molar-refractivity contribution in [3.63, 3.8) is 0 Å². The first kappa shape index (κ1) is 14.1. The second-order valence-corrected chi connectivity index (χ2v) is 5.86. The van der Waals surface area contributed by atoms with Gasteiger partial charge in [-0.15, -0.1) is 11.3 Å². The lowest BCUT2D eigenvalue weighted by atomic mass is 10.2. The quantitative estimate of drug-likeness (QED) is 0.859. The summed E-state index contributed by atoms with van der Waals surface area (Å²) < 4.78 is 0. The predicted octanol–water partition coefficient (Wildman–Crippen LogP) is 2.41. The molecule has 1 aromatic heterocycles. The highest BCUT2D eigenvalue weighted by Gasteiger charge is 2.33. The lowest BCUT2D eigenvalue weighted by Crippen LogP contribution is -2.33. The average Bonchev–Trinajstić information content (AvgIpc) is 3.17. The van der Waals surface area contributed by atoms with Crippen molar-refractivity contribution < 1.29 is 9.90 Å². The Morgan fingerprint density at radius 3 is 2.89 bits per heavy atom. The number of carbonyl (C=O) groups excluding carboxylic acids is 1. The molecule has 1 N–H and O–H groups in total. The SMILES string of the molecule is CCCN(C(=O)c1cc(C)c(C#CCO)s1)C1CC1. The molecule has 1 fully saturated rings. The molecule has 0 aliphatic heterocycles. The van der Waals surface area contributed by atoms with Crippen LogP contribution in [-0.4, -0.2) is 35.1 Å². The van der Waals surface area contributed by atoms with E-state index in [2.05, 4.69) is 18.8 Å². The van der Waals surface area contributed by atoms with E-state index in [4.69, 9.17) is 5.11 Å². The van der Waals surface area contributed by atoms with Crippen molar-refractivity contribution in [2.24, 2.45) is 0 Å². The van der Waals surface area contributed by atoms with Crippen LogP contribution in [0.1, 0.15) is 46.3 Å². The minimum absolute atomic E-state index is 0.134. The third-order valence-corrected chi connectivity index (χ3v) is 4.26. The molecule has 0 saturated heterocycles. The van der Waals surface area contributed by atoms with Gasteiger partial charge in [0, 0.05) is 12.6 Å². The Labute approximate surface area is 118 Å². The van der Waals surface area contributed by atoms with Gasteiger partial charge in [0.15, 0.2) is 0 Å². The number of aryl methyl sites for hydroxylation is 1. The summed E-state index contributed by atoms with van der Waals surface area (Å²) in [6, 6.07) is 2.36. The van der Waals surface area contributed by atoms with Gasteiger partial charge in [-0.3, -0.25) is 4.79 Å². The molecular formula is C15H19NO2S. The van der Waals surface area contributed by atoms with Crippen LogP contribution >= 0.6 is 11.3 Å². The lowest BCUT2D eigenvalue weighted by Gasteiger charge is -2.20. The summed E-state index contributed by atoms with van der Waals surface area (Å²) in [5.41, 5.74) is 1.02. The second kappa shape index (κ2) is 6.23. The Morgan fingerprint density at radius 2 is 2.32 bits per heavy atom. The maximum absolute atomic E-state index is 12.5. The standard InChI is InChI=1S/C15H19NO2S/c1-3-8-16(12-6-7-12)15(18)14-10-11(2)13(19-14)5-4-9-17/h10,12,17H,3,6-9H2,1-2H3. The number of hydrogen-bond acceptors (Lipinski definition) is 3. The third kappa shape index (κ3) is 3.37. The normalized spacial score (nSPS) is 13.8. The largest absolute Gasteiger partial charge is 0.384 e. The molecule has 0 radical (unpaired) electrons. The number of aliphatic hydroxyl groups is 1. The van der Waals surface area contributed by atoms with Gasteiger partial charge in [0.05, 0.1) is 9.75 Å². The maximum Gasteiger partial charge on any atom is 0.264 e. The molecule has 1 aromatic rings. The molecule has 4 heteroatoms. The zero-order valence-corrected chi connectivity index (χ0v) is 12.2. The van der Waals surface area contributed by atoms with Crippen LogP contribution in [0.3, 0.4) is 0 Å². The predicted molar refractivity (Wildman–Crippen MR) is 77.4 cm³/mol. The Hall–Kier alpha value is -1.31. The van der Waals surface area contributed by atoms with Crippen LogP contribution in [0.5, 0.6) is 0 Å². The first-order valence-electron chi connectivity index (χ1n) is 6.68. The first-order valence-corrected chi connectivity index (χ1v) is 7.50. The van der Waals surface area contributed by atoms with Crippen LogP contribution in [0.25, 0.3) is 0 Å². The van der Waals surface area contributed by atoms with E-state index >= 15 is 0 Å². The smallest absolute Gasteiger partial charge is 0.264 e. The van der Waals surface area contributed by atoms with Crippen LogP contribution in [0.15, 0.2) is 6.07 Å². The van der Waals surface area contributed by atoms with Crippen LogP contribution in [-0.2, 0) is 0 Å². The molecule has 1 aliphatic rings. The Bertz CT molecular complexity index is 520. The number of amides is 1. The number of thiophene rings is 1. The van der Waals surface area contributed by atoms with Gasteiger partial charge in [-0.2, -0.15) is 0 Å². The second-order valence-electron chi connectivity index (χ2n) is 4.81. The molecule has 1 saturated carbocycles. The van der Waals surface area contributed by atoms with Crippen molar-refractivity contribution in [3.8, 4) is 11.8 Å². The monoisotopic (exact) mass is 277 g/mol. The number of hydrogen-bond donors (Lipinski definition) is 1. The van der Waals surface area contributed by atoms with E-state index in [0.717, 1.165) is 41.1 Å². The summed E-state index contributed by atoms with van der Waals surface area (Å²) >= 11 is 1.43. The van der Waals surface area contributed by atoms with Crippen molar-refractivity contribution in [1.29, 1.82) is 0 Å². The van der Waals surface area contributed by atoms with E-state index in [1.165, 1.54) is 11.3 Å². The van der Waals surface area contributed by atoms with Gasteiger partial charge >= 0.3 is 0 Å². The molecule has 0 spiro atoms. The zero-order chi connectivity index (χ0) is 13.8. The fourth-order valence-electron chi connectivity index (χ4n) is 2.05. The average molecular weight is 277 g/mol. The molecule has 2 rings (SSSR count). The van der Waals surface area contributed by atoms with Crippen LogP contribution < -0.4 is 0 Å². The highest BCUT2D eigenvalue weighted by molar-refractivity contribution is 7.14. The van der Waals surface area contributed by atoms with Gasteiger partial charge in [0.1, 0.15) is 6.61 Å². The molecule has 1 aliphatic carbocycles. The van der Waals surface area contributed by atoms with E-state index in [1.54, 1.807) is 0 Å². The highest BCUT2D eigenvalue weighted by atomic mass is 32.1. The van der Waals surface area contributed by atoms with Crippen molar-refractivity contribution >= 4 is 17.2 Å². The van der Waals surface area contributed by atoms with Gasteiger partial charge in [0.25, 0.3) is 5.91 Å². The van der Waals surface area contributed by atoms with Gasteiger partial charge in [-0.1, -0.05) is 18.8 Å². The summed E-state index contributed by atoms with van der Waals surface area (Å²) in [7, 11) is 0. The van der Waals surface area contributed by atoms with E-state index in [-0.39, 0.29) is 12.5 Å². The van der Waals surface area contributed by atoms with Crippen molar-refractivity contribution in [2.75, 3.05) is 13.2 Å². The number of nitrogens with zero attached hydrogens (tertiary/aromatic N) is 1. The fraction of sp³-hybridized carbons (Fsp3) is 0.533. The molecule has 1 amide bonds. The maximum atomic E-state index is 12.5. The van der Waals surface area contributed by atoms with Gasteiger partial charge in [0.2, 0.25) is 0 Å². The Kier molecular flexibility index (Phi) is 4.62. The zero-order valence-electron chi connectivity index (χ0n) is 11.4. The van der Waals surface area contributed by atoms with E-state index in [9.17, 15) is 4.79 Å². The summed E-state index contributed by atoms with van der Waals surface area (Å²) in [6.07, 6.45) is 3.25. The van der Waals surface area contributed by atoms with E-state index in [1.807, 2.05) is 17.9 Å². The van der Waals surface area contributed by atoms with E-state index < -0.39 is 0 Å². The van der Waals surface area contributed by atoms with Crippen molar-refractivity contribution in [3.05, 3.63) is 21.4 Å². The number of rotatable bonds is 4. The molecule has 1 heterocycles. The van der Waals surface area contributed by atoms with Gasteiger partial charge in [-0.25, -0.2) is 0 Å². The van der Waals surface area contributed by atoms with Gasteiger partial charge < -0.3 is 10.0 Å². The summed E-state index contributed by atoms with van der Waals surface area (Å²) in [4.78, 5) is 16.1. The third-order valence-electron chi connectivity index (χ3n) is 3.12. The van der Waals surface area contributed by atoms with Crippen LogP contribution in [0, 0.1) is 18.8 Å². The molecule has 0 unspecified atom stereocenters. The molecule has 102 valence electrons. The molecule has 0 bridgehead atoms. The molecule has 3 nitrogen and oxygen atoms in total. The number of aliphatic hydroxyl groups excluding tert-OH is 1. The fourth-order valence-corrected chi connectivity index (χ4v) is 3.05. The van der Waals surface area contributed by atoms with Crippen molar-refractivity contribution in [2.45, 2.75) is 39.2 Å². The lowest BCUT2D eigenvalue weighted by molar-refractivity contribution is 0.0748. The highest BCUT2D eigenvalue weighted by Crippen LogP contribution is 2.30. The van der Waals surface area contributed by atoms with Gasteiger partial charge in [-0.05, 0) is 37.8 Å². The molecule has 0 atom stereocenters. The molecule has 19 heavy (non-hydrogen) atoms. The van der Waals surface area contributed by atoms with Crippen LogP contribution in [0.2, 0.25) is 0 Å². The topological polar surface area (TPSA) is 40.5 Å². The first-order chi connectivity index (χ1) is 9.17. The van der Waals surface area contributed by atoms with Crippen molar-refractivity contribution in [1.82, 2.24) is 4.90 Å². The number of carbonyl (C=O) groups is 1. The Balaban J connectivity index is 2.18. The van der Waals surface area contributed by atoms with E-state index in [0.29, 0.717) is 6.04 Å². The summed E-state index contributed by atoms with van der Waals surface area (Å²) in [6.45, 7) is 4.74. The summed E-state index contributed by atoms with van der Waals surface area (Å²) in [5, 5.41) is 8.73. The minimum atomic E-state index is -0.148.